The summed E-state index contributed by atoms with van der Waals surface area (Å²) in [5.41, 5.74) is 0. The Morgan fingerprint density at radius 3 is 2.43 bits per heavy atom. The molecule has 0 aliphatic carbocycles. The maximum atomic E-state index is 11.2. The van der Waals surface area contributed by atoms with Crippen molar-refractivity contribution in [2.24, 2.45) is 4.99 Å². The van der Waals surface area contributed by atoms with Crippen molar-refractivity contribution in [1.82, 2.24) is 0 Å². The highest BCUT2D eigenvalue weighted by Gasteiger charge is 2.00. The summed E-state index contributed by atoms with van der Waals surface area (Å²) in [5.74, 6) is 0.00341. The Morgan fingerprint density at radius 2 is 1.70 bits per heavy atom. The molecule has 0 unspecified atom stereocenters. The van der Waals surface area contributed by atoms with Crippen LogP contribution >= 0.6 is 0 Å². The lowest BCUT2D eigenvalue weighted by Crippen LogP contribution is -2.04. The fraction of sp³-hybridized carbons (Fsp3) is 0.800. The first kappa shape index (κ1) is 22.0. The number of aliphatic hydroxyl groups is 1. The second-order valence-electron chi connectivity index (χ2n) is 6.30. The lowest BCUT2D eigenvalue weighted by molar-refractivity contribution is -0.117. The number of rotatable bonds is 15. The number of carbonyl (C=O) groups excluding carboxylic acids is 1. The number of allylic oxidation sites excluding steroid dienone is 1. The molecule has 3 nitrogen and oxygen atoms in total. The molecule has 1 N–H and O–H groups in total. The van der Waals surface area contributed by atoms with Gasteiger partial charge in [-0.2, -0.15) is 0 Å². The zero-order valence-corrected chi connectivity index (χ0v) is 15.3. The van der Waals surface area contributed by atoms with E-state index in [-0.39, 0.29) is 12.0 Å². The standard InChI is InChI=1S/C20H37NO2/c1-3-5-6-13-16-19(22)17-14-11-9-7-8-10-12-15-18-20(23)21-4-2/h4,11,14,19,22H,3,5-10,12-13,15-18H2,1-2H3/b14-11-,21-4?/t19-/m1/s1. The van der Waals surface area contributed by atoms with Crippen LogP contribution in [0, 0.1) is 0 Å². The summed E-state index contributed by atoms with van der Waals surface area (Å²) in [7, 11) is 0. The van der Waals surface area contributed by atoms with E-state index in [4.69, 9.17) is 0 Å². The van der Waals surface area contributed by atoms with Crippen LogP contribution in [0.5, 0.6) is 0 Å². The summed E-state index contributed by atoms with van der Waals surface area (Å²) in [4.78, 5) is 14.9. The van der Waals surface area contributed by atoms with Crippen molar-refractivity contribution in [3.05, 3.63) is 12.2 Å². The molecule has 0 aliphatic rings. The largest absolute Gasteiger partial charge is 0.393 e. The number of nitrogens with zero attached hydrogens (tertiary/aromatic N) is 1. The number of aliphatic imine (C=N–C) groups is 1. The van der Waals surface area contributed by atoms with Crippen LogP contribution < -0.4 is 0 Å². The SMILES string of the molecule is CC=NC(=O)CCCCCCC/C=C\C[C@H](O)CCCCCC. The lowest BCUT2D eigenvalue weighted by Gasteiger charge is -2.07. The third-order valence-corrected chi connectivity index (χ3v) is 4.00. The second kappa shape index (κ2) is 17.4. The quantitative estimate of drug-likeness (QED) is 0.242. The molecule has 1 atom stereocenters. The molecule has 134 valence electrons. The number of carbonyl (C=O) groups is 1. The van der Waals surface area contributed by atoms with Gasteiger partial charge in [-0.25, -0.2) is 4.99 Å². The van der Waals surface area contributed by atoms with Crippen molar-refractivity contribution < 1.29 is 9.90 Å². The fourth-order valence-corrected chi connectivity index (χ4v) is 2.57. The van der Waals surface area contributed by atoms with E-state index < -0.39 is 0 Å². The highest BCUT2D eigenvalue weighted by Crippen LogP contribution is 2.10. The van der Waals surface area contributed by atoms with Crippen molar-refractivity contribution >= 4 is 12.1 Å². The predicted octanol–water partition coefficient (Wildman–Crippen LogP) is 5.61. The van der Waals surface area contributed by atoms with Crippen molar-refractivity contribution in [2.75, 3.05) is 0 Å². The van der Waals surface area contributed by atoms with E-state index >= 15 is 0 Å². The third-order valence-electron chi connectivity index (χ3n) is 4.00. The van der Waals surface area contributed by atoms with Crippen LogP contribution in [-0.2, 0) is 4.79 Å². The Morgan fingerprint density at radius 1 is 1.00 bits per heavy atom. The van der Waals surface area contributed by atoms with Crippen molar-refractivity contribution in [3.8, 4) is 0 Å². The fourth-order valence-electron chi connectivity index (χ4n) is 2.57. The molecule has 3 heteroatoms. The molecular weight excluding hydrogens is 286 g/mol. The van der Waals surface area contributed by atoms with E-state index in [1.165, 1.54) is 38.5 Å². The Balaban J connectivity index is 3.32. The number of amides is 1. The zero-order valence-electron chi connectivity index (χ0n) is 15.3. The molecule has 0 aromatic rings. The average Bonchev–Trinajstić information content (AvgIpc) is 2.53. The summed E-state index contributed by atoms with van der Waals surface area (Å²) in [6.07, 6.45) is 19.8. The van der Waals surface area contributed by atoms with Crippen molar-refractivity contribution in [3.63, 3.8) is 0 Å². The molecule has 0 aromatic heterocycles. The van der Waals surface area contributed by atoms with Gasteiger partial charge in [0.1, 0.15) is 0 Å². The Bertz CT molecular complexity index is 324. The molecule has 23 heavy (non-hydrogen) atoms. The summed E-state index contributed by atoms with van der Waals surface area (Å²) in [6, 6.07) is 0. The molecule has 0 saturated carbocycles. The first-order chi connectivity index (χ1) is 11.2. The second-order valence-corrected chi connectivity index (χ2v) is 6.30. The Kier molecular flexibility index (Phi) is 16.7. The van der Waals surface area contributed by atoms with Crippen LogP contribution in [0.1, 0.15) is 97.3 Å². The molecule has 0 aromatic carbocycles. The topological polar surface area (TPSA) is 49.7 Å². The third kappa shape index (κ3) is 17.2. The summed E-state index contributed by atoms with van der Waals surface area (Å²) in [6.45, 7) is 3.98. The first-order valence-electron chi connectivity index (χ1n) is 9.55. The van der Waals surface area contributed by atoms with E-state index in [1.54, 1.807) is 13.1 Å². The van der Waals surface area contributed by atoms with E-state index in [0.717, 1.165) is 38.5 Å². The molecule has 0 bridgehead atoms. The predicted molar refractivity (Wildman–Crippen MR) is 100 cm³/mol. The molecule has 0 aliphatic heterocycles. The Hall–Kier alpha value is -0.960. The van der Waals surface area contributed by atoms with E-state index in [1.807, 2.05) is 0 Å². The van der Waals surface area contributed by atoms with Crippen LogP contribution in [0.2, 0.25) is 0 Å². The van der Waals surface area contributed by atoms with Gasteiger partial charge in [-0.3, -0.25) is 4.79 Å². The number of unbranched alkanes of at least 4 members (excludes halogenated alkanes) is 8. The lowest BCUT2D eigenvalue weighted by atomic mass is 10.1. The van der Waals surface area contributed by atoms with Gasteiger partial charge in [-0.05, 0) is 39.0 Å². The molecule has 0 rings (SSSR count). The highest BCUT2D eigenvalue weighted by atomic mass is 16.3. The van der Waals surface area contributed by atoms with Gasteiger partial charge in [0.25, 0.3) is 0 Å². The van der Waals surface area contributed by atoms with Crippen molar-refractivity contribution in [1.29, 1.82) is 0 Å². The smallest absolute Gasteiger partial charge is 0.245 e. The van der Waals surface area contributed by atoms with E-state index in [0.29, 0.717) is 6.42 Å². The van der Waals surface area contributed by atoms with Crippen molar-refractivity contribution in [2.45, 2.75) is 103 Å². The minimum Gasteiger partial charge on any atom is -0.393 e. The molecule has 0 fully saturated rings. The van der Waals surface area contributed by atoms with Crippen LogP contribution in [0.3, 0.4) is 0 Å². The summed E-state index contributed by atoms with van der Waals surface area (Å²) >= 11 is 0. The minimum absolute atomic E-state index is 0.00341. The molecule has 0 spiro atoms. The minimum atomic E-state index is -0.161. The van der Waals surface area contributed by atoms with Gasteiger partial charge in [-0.1, -0.05) is 64.0 Å². The van der Waals surface area contributed by atoms with Crippen LogP contribution in [-0.4, -0.2) is 23.3 Å². The molecular formula is C20H37NO2. The van der Waals surface area contributed by atoms with E-state index in [9.17, 15) is 9.90 Å². The average molecular weight is 324 g/mol. The number of aliphatic hydroxyl groups excluding tert-OH is 1. The van der Waals surface area contributed by atoms with Crippen LogP contribution in [0.15, 0.2) is 17.1 Å². The van der Waals surface area contributed by atoms with Crippen LogP contribution in [0.4, 0.5) is 0 Å². The van der Waals surface area contributed by atoms with Crippen LogP contribution in [0.25, 0.3) is 0 Å². The zero-order chi connectivity index (χ0) is 17.2. The van der Waals surface area contributed by atoms with Gasteiger partial charge >= 0.3 is 0 Å². The first-order valence-corrected chi connectivity index (χ1v) is 9.55. The number of hydrogen-bond donors (Lipinski definition) is 1. The van der Waals surface area contributed by atoms with Gasteiger partial charge in [0, 0.05) is 12.6 Å². The molecule has 0 radical (unpaired) electrons. The Labute approximate surface area is 143 Å². The normalized spacial score (nSPS) is 13.2. The van der Waals surface area contributed by atoms with Gasteiger partial charge in [0.05, 0.1) is 6.10 Å². The number of hydrogen-bond acceptors (Lipinski definition) is 2. The van der Waals surface area contributed by atoms with Gasteiger partial charge in [-0.15, -0.1) is 0 Å². The van der Waals surface area contributed by atoms with E-state index in [2.05, 4.69) is 24.1 Å². The monoisotopic (exact) mass is 323 g/mol. The highest BCUT2D eigenvalue weighted by molar-refractivity contribution is 5.84. The maximum Gasteiger partial charge on any atom is 0.245 e. The molecule has 1 amide bonds. The van der Waals surface area contributed by atoms with Gasteiger partial charge in [0.2, 0.25) is 5.91 Å². The summed E-state index contributed by atoms with van der Waals surface area (Å²) in [5, 5.41) is 9.84. The summed E-state index contributed by atoms with van der Waals surface area (Å²) < 4.78 is 0. The maximum absolute atomic E-state index is 11.2. The van der Waals surface area contributed by atoms with Gasteiger partial charge < -0.3 is 5.11 Å². The van der Waals surface area contributed by atoms with Gasteiger partial charge in [0.15, 0.2) is 0 Å². The molecule has 0 heterocycles. The molecule has 0 saturated heterocycles.